The van der Waals surface area contributed by atoms with Gasteiger partial charge in [-0.15, -0.1) is 0 Å². The van der Waals surface area contributed by atoms with E-state index in [1.807, 2.05) is 11.5 Å². The van der Waals surface area contributed by atoms with Crippen LogP contribution in [0.25, 0.3) is 0 Å². The zero-order valence-electron chi connectivity index (χ0n) is 11.9. The van der Waals surface area contributed by atoms with Crippen LogP contribution in [0.5, 0.6) is 0 Å². The maximum Gasteiger partial charge on any atom is 0.267 e. The fourth-order valence-electron chi connectivity index (χ4n) is 3.03. The molecule has 2 unspecified atom stereocenters. The van der Waals surface area contributed by atoms with Crippen LogP contribution in [-0.2, 0) is 6.54 Å². The molecule has 2 rings (SSSR count). The van der Waals surface area contributed by atoms with Crippen molar-refractivity contribution in [1.82, 2.24) is 9.88 Å². The summed E-state index contributed by atoms with van der Waals surface area (Å²) >= 11 is 5.95. The number of hydrogen-bond donors (Lipinski definition) is 2. The van der Waals surface area contributed by atoms with Gasteiger partial charge < -0.3 is 15.0 Å². The molecule has 0 radical (unpaired) electrons. The first-order valence-electron chi connectivity index (χ1n) is 7.40. The van der Waals surface area contributed by atoms with Crippen molar-refractivity contribution in [3.05, 3.63) is 23.0 Å². The highest BCUT2D eigenvalue weighted by molar-refractivity contribution is 6.31. The third kappa shape index (κ3) is 3.55. The molecule has 0 bridgehead atoms. The van der Waals surface area contributed by atoms with Crippen molar-refractivity contribution in [2.24, 2.45) is 11.8 Å². The summed E-state index contributed by atoms with van der Waals surface area (Å²) in [5.74, 6) is 0.629. The average Bonchev–Trinajstić information content (AvgIpc) is 2.86. The van der Waals surface area contributed by atoms with Gasteiger partial charge in [0.15, 0.2) is 0 Å². The summed E-state index contributed by atoms with van der Waals surface area (Å²) in [4.78, 5) is 12.2. The molecule has 0 saturated heterocycles. The van der Waals surface area contributed by atoms with Crippen LogP contribution in [0.4, 0.5) is 0 Å². The zero-order chi connectivity index (χ0) is 14.5. The molecular formula is C15H23ClN2O2. The highest BCUT2D eigenvalue weighted by Gasteiger charge is 2.25. The number of nitrogens with zero attached hydrogens (tertiary/aromatic N) is 1. The highest BCUT2D eigenvalue weighted by atomic mass is 35.5. The van der Waals surface area contributed by atoms with Crippen LogP contribution in [-0.4, -0.2) is 28.7 Å². The Bertz CT molecular complexity index is 459. The molecule has 1 heterocycles. The summed E-state index contributed by atoms with van der Waals surface area (Å²) in [5, 5.41) is 13.0. The van der Waals surface area contributed by atoms with Crippen molar-refractivity contribution in [2.75, 3.05) is 13.2 Å². The monoisotopic (exact) mass is 298 g/mol. The number of halogens is 1. The van der Waals surface area contributed by atoms with Crippen molar-refractivity contribution in [2.45, 2.75) is 39.2 Å². The van der Waals surface area contributed by atoms with E-state index in [1.165, 1.54) is 12.8 Å². The molecule has 1 aromatic heterocycles. The summed E-state index contributed by atoms with van der Waals surface area (Å²) < 4.78 is 1.85. The molecule has 5 heteroatoms. The predicted octanol–water partition coefficient (Wildman–Crippen LogP) is 2.69. The van der Waals surface area contributed by atoms with E-state index < -0.39 is 0 Å². The maximum atomic E-state index is 12.2. The number of rotatable bonds is 5. The topological polar surface area (TPSA) is 54.3 Å². The standard InChI is InChI=1S/C15H23ClN2O2/c1-2-18-9-13(16)7-14(18)15(20)17-8-11-5-3-4-6-12(11)10-19/h7,9,11-12,19H,2-6,8,10H2,1H3,(H,17,20). The van der Waals surface area contributed by atoms with Crippen molar-refractivity contribution < 1.29 is 9.90 Å². The Kier molecular flexibility index (Phi) is 5.49. The molecule has 0 spiro atoms. The molecule has 112 valence electrons. The molecule has 4 nitrogen and oxygen atoms in total. The molecule has 1 saturated carbocycles. The Morgan fingerprint density at radius 1 is 1.45 bits per heavy atom. The van der Waals surface area contributed by atoms with E-state index in [-0.39, 0.29) is 12.5 Å². The minimum Gasteiger partial charge on any atom is -0.396 e. The molecule has 2 atom stereocenters. The van der Waals surface area contributed by atoms with Gasteiger partial charge in [-0.1, -0.05) is 24.4 Å². The van der Waals surface area contributed by atoms with Gasteiger partial charge in [-0.2, -0.15) is 0 Å². The third-order valence-corrected chi connectivity index (χ3v) is 4.47. The lowest BCUT2D eigenvalue weighted by Gasteiger charge is -2.30. The first-order valence-corrected chi connectivity index (χ1v) is 7.78. The zero-order valence-corrected chi connectivity index (χ0v) is 12.7. The number of amides is 1. The minimum atomic E-state index is -0.0824. The molecule has 20 heavy (non-hydrogen) atoms. The fourth-order valence-corrected chi connectivity index (χ4v) is 3.26. The summed E-state index contributed by atoms with van der Waals surface area (Å²) in [6.07, 6.45) is 6.29. The predicted molar refractivity (Wildman–Crippen MR) is 80.0 cm³/mol. The maximum absolute atomic E-state index is 12.2. The van der Waals surface area contributed by atoms with E-state index in [1.54, 1.807) is 12.3 Å². The third-order valence-electron chi connectivity index (χ3n) is 4.26. The van der Waals surface area contributed by atoms with E-state index in [0.29, 0.717) is 29.1 Å². The van der Waals surface area contributed by atoms with E-state index >= 15 is 0 Å². The molecule has 0 aromatic carbocycles. The SMILES string of the molecule is CCn1cc(Cl)cc1C(=O)NCC1CCCCC1CO. The fraction of sp³-hybridized carbons (Fsp3) is 0.667. The van der Waals surface area contributed by atoms with Crippen LogP contribution < -0.4 is 5.32 Å². The summed E-state index contributed by atoms with van der Waals surface area (Å²) in [5.41, 5.74) is 0.605. The molecular weight excluding hydrogens is 276 g/mol. The molecule has 1 aliphatic carbocycles. The molecule has 1 aromatic rings. The largest absolute Gasteiger partial charge is 0.396 e. The van der Waals surface area contributed by atoms with E-state index in [0.717, 1.165) is 19.4 Å². The van der Waals surface area contributed by atoms with Crippen molar-refractivity contribution in [1.29, 1.82) is 0 Å². The number of aliphatic hydroxyl groups excluding tert-OH is 1. The van der Waals surface area contributed by atoms with E-state index in [4.69, 9.17) is 11.6 Å². The normalized spacial score (nSPS) is 22.8. The van der Waals surface area contributed by atoms with Crippen LogP contribution in [0.1, 0.15) is 43.1 Å². The lowest BCUT2D eigenvalue weighted by molar-refractivity contribution is 0.0900. The number of aromatic nitrogens is 1. The Morgan fingerprint density at radius 2 is 2.15 bits per heavy atom. The highest BCUT2D eigenvalue weighted by Crippen LogP contribution is 2.29. The van der Waals surface area contributed by atoms with Crippen LogP contribution in [0.3, 0.4) is 0 Å². The summed E-state index contributed by atoms with van der Waals surface area (Å²) in [6, 6.07) is 1.70. The van der Waals surface area contributed by atoms with Gasteiger partial charge >= 0.3 is 0 Å². The number of hydrogen-bond acceptors (Lipinski definition) is 2. The number of carbonyl (C=O) groups excluding carboxylic acids is 1. The van der Waals surface area contributed by atoms with E-state index in [2.05, 4.69) is 5.32 Å². The Balaban J connectivity index is 1.94. The molecule has 1 aliphatic rings. The quantitative estimate of drug-likeness (QED) is 0.878. The van der Waals surface area contributed by atoms with E-state index in [9.17, 15) is 9.90 Å². The summed E-state index contributed by atoms with van der Waals surface area (Å²) in [6.45, 7) is 3.56. The van der Waals surface area contributed by atoms with Crippen LogP contribution in [0, 0.1) is 11.8 Å². The van der Waals surface area contributed by atoms with Crippen molar-refractivity contribution >= 4 is 17.5 Å². The van der Waals surface area contributed by atoms with Crippen molar-refractivity contribution in [3.63, 3.8) is 0 Å². The molecule has 0 aliphatic heterocycles. The average molecular weight is 299 g/mol. The smallest absolute Gasteiger partial charge is 0.267 e. The van der Waals surface area contributed by atoms with Gasteiger partial charge in [0.05, 0.1) is 5.02 Å². The van der Waals surface area contributed by atoms with Gasteiger partial charge in [0, 0.05) is 25.9 Å². The lowest BCUT2D eigenvalue weighted by atomic mass is 9.79. The van der Waals surface area contributed by atoms with Gasteiger partial charge in [-0.05, 0) is 37.7 Å². The second-order valence-electron chi connectivity index (χ2n) is 5.53. The number of carbonyl (C=O) groups is 1. The van der Waals surface area contributed by atoms with Crippen LogP contribution in [0.2, 0.25) is 5.02 Å². The van der Waals surface area contributed by atoms with Gasteiger partial charge in [0.1, 0.15) is 5.69 Å². The first kappa shape index (κ1) is 15.4. The Morgan fingerprint density at radius 3 is 2.80 bits per heavy atom. The molecule has 1 amide bonds. The second-order valence-corrected chi connectivity index (χ2v) is 5.96. The minimum absolute atomic E-state index is 0.0824. The van der Waals surface area contributed by atoms with Gasteiger partial charge in [0.2, 0.25) is 0 Å². The molecule has 2 N–H and O–H groups in total. The lowest BCUT2D eigenvalue weighted by Crippen LogP contribution is -2.36. The second kappa shape index (κ2) is 7.14. The van der Waals surface area contributed by atoms with Gasteiger partial charge in [-0.3, -0.25) is 4.79 Å². The summed E-state index contributed by atoms with van der Waals surface area (Å²) in [7, 11) is 0. The molecule has 1 fully saturated rings. The Hall–Kier alpha value is -1.00. The van der Waals surface area contributed by atoms with Crippen LogP contribution in [0.15, 0.2) is 12.3 Å². The van der Waals surface area contributed by atoms with Crippen LogP contribution >= 0.6 is 11.6 Å². The van der Waals surface area contributed by atoms with Gasteiger partial charge in [-0.25, -0.2) is 0 Å². The number of nitrogens with one attached hydrogen (secondary N) is 1. The first-order chi connectivity index (χ1) is 9.65. The Labute approximate surface area is 125 Å². The number of aryl methyl sites for hydroxylation is 1. The number of aliphatic hydroxyl groups is 1. The van der Waals surface area contributed by atoms with Crippen molar-refractivity contribution in [3.8, 4) is 0 Å². The van der Waals surface area contributed by atoms with Gasteiger partial charge in [0.25, 0.3) is 5.91 Å².